The van der Waals surface area contributed by atoms with Gasteiger partial charge in [-0.3, -0.25) is 0 Å². The van der Waals surface area contributed by atoms with Gasteiger partial charge in [0.15, 0.2) is 0 Å². The highest BCUT2D eigenvalue weighted by molar-refractivity contribution is 7.98. The molecule has 0 fully saturated rings. The fraction of sp³-hybridized carbons (Fsp3) is 0.167. The molecule has 0 aromatic heterocycles. The monoisotopic (exact) mass is 220 g/mol. The second-order valence-electron chi connectivity index (χ2n) is 3.18. The quantitative estimate of drug-likeness (QED) is 0.788. The normalized spacial score (nSPS) is 10.5. The van der Waals surface area contributed by atoms with Crippen molar-refractivity contribution in [2.24, 2.45) is 0 Å². The third-order valence-corrected chi connectivity index (χ3v) is 3.11. The number of rotatable bonds is 2. The SMILES string of the molecule is COc1c(SC)cc(O)c2ccccc12. The number of methoxy groups -OCH3 is 1. The lowest BCUT2D eigenvalue weighted by atomic mass is 10.1. The van der Waals surface area contributed by atoms with E-state index in [2.05, 4.69) is 0 Å². The van der Waals surface area contributed by atoms with Crippen LogP contribution in [0.25, 0.3) is 10.8 Å². The zero-order valence-corrected chi connectivity index (χ0v) is 9.47. The van der Waals surface area contributed by atoms with E-state index >= 15 is 0 Å². The van der Waals surface area contributed by atoms with Gasteiger partial charge in [-0.25, -0.2) is 0 Å². The molecule has 0 heterocycles. The largest absolute Gasteiger partial charge is 0.507 e. The minimum absolute atomic E-state index is 0.302. The number of phenols is 1. The van der Waals surface area contributed by atoms with Gasteiger partial charge in [-0.15, -0.1) is 11.8 Å². The Morgan fingerprint density at radius 2 is 1.87 bits per heavy atom. The van der Waals surface area contributed by atoms with Crippen LogP contribution in [-0.2, 0) is 0 Å². The molecule has 0 saturated heterocycles. The number of thioether (sulfide) groups is 1. The van der Waals surface area contributed by atoms with Gasteiger partial charge in [-0.05, 0) is 12.3 Å². The van der Waals surface area contributed by atoms with Crippen LogP contribution in [0.4, 0.5) is 0 Å². The smallest absolute Gasteiger partial charge is 0.140 e. The molecule has 0 radical (unpaired) electrons. The number of hydrogen-bond acceptors (Lipinski definition) is 3. The molecule has 0 spiro atoms. The number of benzene rings is 2. The van der Waals surface area contributed by atoms with Crippen LogP contribution in [-0.4, -0.2) is 18.5 Å². The Balaban J connectivity index is 2.85. The summed E-state index contributed by atoms with van der Waals surface area (Å²) in [5, 5.41) is 11.6. The van der Waals surface area contributed by atoms with E-state index in [0.717, 1.165) is 21.4 Å². The zero-order valence-electron chi connectivity index (χ0n) is 8.65. The van der Waals surface area contributed by atoms with Crippen molar-refractivity contribution in [3.05, 3.63) is 30.3 Å². The van der Waals surface area contributed by atoms with E-state index in [4.69, 9.17) is 4.74 Å². The average Bonchev–Trinajstić information content (AvgIpc) is 2.29. The highest BCUT2D eigenvalue weighted by Gasteiger charge is 2.10. The van der Waals surface area contributed by atoms with Gasteiger partial charge < -0.3 is 9.84 Å². The first-order valence-electron chi connectivity index (χ1n) is 4.60. The summed E-state index contributed by atoms with van der Waals surface area (Å²) in [6.45, 7) is 0. The maximum atomic E-state index is 9.83. The van der Waals surface area contributed by atoms with E-state index in [1.807, 2.05) is 30.5 Å². The van der Waals surface area contributed by atoms with Gasteiger partial charge in [0.25, 0.3) is 0 Å². The molecule has 0 aliphatic rings. The average molecular weight is 220 g/mol. The van der Waals surface area contributed by atoms with E-state index in [0.29, 0.717) is 5.75 Å². The Hall–Kier alpha value is -1.35. The minimum atomic E-state index is 0.302. The van der Waals surface area contributed by atoms with Crippen LogP contribution in [0.5, 0.6) is 11.5 Å². The van der Waals surface area contributed by atoms with Gasteiger partial charge in [0.2, 0.25) is 0 Å². The van der Waals surface area contributed by atoms with Crippen molar-refractivity contribution >= 4 is 22.5 Å². The van der Waals surface area contributed by atoms with Gasteiger partial charge >= 0.3 is 0 Å². The molecule has 15 heavy (non-hydrogen) atoms. The van der Waals surface area contributed by atoms with Gasteiger partial charge in [0.1, 0.15) is 11.5 Å². The Morgan fingerprint density at radius 1 is 1.20 bits per heavy atom. The molecule has 2 aromatic rings. The van der Waals surface area contributed by atoms with Crippen LogP contribution < -0.4 is 4.74 Å². The summed E-state index contributed by atoms with van der Waals surface area (Å²) >= 11 is 1.56. The predicted octanol–water partition coefficient (Wildman–Crippen LogP) is 3.28. The summed E-state index contributed by atoms with van der Waals surface area (Å²) in [7, 11) is 1.65. The number of hydrogen-bond donors (Lipinski definition) is 1. The molecule has 3 heteroatoms. The highest BCUT2D eigenvalue weighted by atomic mass is 32.2. The minimum Gasteiger partial charge on any atom is -0.507 e. The second kappa shape index (κ2) is 4.03. The summed E-state index contributed by atoms with van der Waals surface area (Å²) in [6, 6.07) is 9.42. The first-order chi connectivity index (χ1) is 7.27. The van der Waals surface area contributed by atoms with Crippen molar-refractivity contribution in [1.29, 1.82) is 0 Å². The third kappa shape index (κ3) is 1.63. The summed E-state index contributed by atoms with van der Waals surface area (Å²) in [5.74, 6) is 1.13. The Kier molecular flexibility index (Phi) is 2.73. The van der Waals surface area contributed by atoms with Gasteiger partial charge in [0, 0.05) is 10.8 Å². The highest BCUT2D eigenvalue weighted by Crippen LogP contribution is 2.39. The summed E-state index contributed by atoms with van der Waals surface area (Å²) in [5.41, 5.74) is 0. The Bertz CT molecular complexity index is 494. The van der Waals surface area contributed by atoms with Crippen LogP contribution in [0.3, 0.4) is 0 Å². The molecule has 1 N–H and O–H groups in total. The molecule has 0 atom stereocenters. The summed E-state index contributed by atoms with van der Waals surface area (Å²) in [4.78, 5) is 0.953. The number of phenolic OH excluding ortho intramolecular Hbond substituents is 1. The van der Waals surface area contributed by atoms with Crippen LogP contribution in [0.2, 0.25) is 0 Å². The summed E-state index contributed by atoms with van der Waals surface area (Å²) in [6.07, 6.45) is 1.96. The van der Waals surface area contributed by atoms with E-state index in [1.165, 1.54) is 0 Å². The molecule has 0 saturated carbocycles. The maximum absolute atomic E-state index is 9.83. The Morgan fingerprint density at radius 3 is 2.47 bits per heavy atom. The molecule has 0 aliphatic heterocycles. The lowest BCUT2D eigenvalue weighted by Gasteiger charge is -2.11. The van der Waals surface area contributed by atoms with Crippen LogP contribution in [0.1, 0.15) is 0 Å². The van der Waals surface area contributed by atoms with E-state index in [-0.39, 0.29) is 0 Å². The molecule has 2 aromatic carbocycles. The van der Waals surface area contributed by atoms with Crippen molar-refractivity contribution in [3.63, 3.8) is 0 Å². The second-order valence-corrected chi connectivity index (χ2v) is 4.02. The lowest BCUT2D eigenvalue weighted by Crippen LogP contribution is -1.88. The van der Waals surface area contributed by atoms with Crippen molar-refractivity contribution in [3.8, 4) is 11.5 Å². The first-order valence-corrected chi connectivity index (χ1v) is 5.83. The molecule has 0 aliphatic carbocycles. The molecule has 2 rings (SSSR count). The van der Waals surface area contributed by atoms with E-state index in [9.17, 15) is 5.11 Å². The number of fused-ring (bicyclic) bond motifs is 1. The third-order valence-electron chi connectivity index (χ3n) is 2.36. The zero-order chi connectivity index (χ0) is 10.8. The number of ether oxygens (including phenoxy) is 1. The van der Waals surface area contributed by atoms with E-state index < -0.39 is 0 Å². The molecule has 0 bridgehead atoms. The van der Waals surface area contributed by atoms with Crippen molar-refractivity contribution < 1.29 is 9.84 Å². The van der Waals surface area contributed by atoms with Crippen LogP contribution in [0, 0.1) is 0 Å². The molecular weight excluding hydrogens is 208 g/mol. The predicted molar refractivity (Wildman–Crippen MR) is 63.9 cm³/mol. The Labute approximate surface area is 92.9 Å². The van der Waals surface area contributed by atoms with Gasteiger partial charge in [-0.2, -0.15) is 0 Å². The lowest BCUT2D eigenvalue weighted by molar-refractivity contribution is 0.408. The van der Waals surface area contributed by atoms with Crippen LogP contribution in [0.15, 0.2) is 35.2 Å². The number of aromatic hydroxyl groups is 1. The molecule has 0 amide bonds. The molecule has 2 nitrogen and oxygen atoms in total. The molecular formula is C12H12O2S. The van der Waals surface area contributed by atoms with Crippen molar-refractivity contribution in [2.75, 3.05) is 13.4 Å². The first kappa shape index (κ1) is 10.2. The topological polar surface area (TPSA) is 29.5 Å². The van der Waals surface area contributed by atoms with Crippen LogP contribution >= 0.6 is 11.8 Å². The van der Waals surface area contributed by atoms with Gasteiger partial charge in [0.05, 0.1) is 12.0 Å². The van der Waals surface area contributed by atoms with E-state index in [1.54, 1.807) is 24.9 Å². The fourth-order valence-corrected chi connectivity index (χ4v) is 2.28. The molecule has 78 valence electrons. The van der Waals surface area contributed by atoms with Crippen molar-refractivity contribution in [2.45, 2.75) is 4.90 Å². The standard InChI is InChI=1S/C12H12O2S/c1-14-12-9-6-4-3-5-8(9)10(13)7-11(12)15-2/h3-7,13H,1-2H3. The van der Waals surface area contributed by atoms with Gasteiger partial charge in [-0.1, -0.05) is 24.3 Å². The van der Waals surface area contributed by atoms with Crippen molar-refractivity contribution in [1.82, 2.24) is 0 Å². The molecule has 0 unspecified atom stereocenters. The summed E-state index contributed by atoms with van der Waals surface area (Å²) < 4.78 is 5.37. The maximum Gasteiger partial charge on any atom is 0.140 e. The fourth-order valence-electron chi connectivity index (χ4n) is 1.67.